The molecule has 5 heteroatoms. The lowest BCUT2D eigenvalue weighted by Crippen LogP contribution is -1.96. The summed E-state index contributed by atoms with van der Waals surface area (Å²) in [5.41, 5.74) is 1.90. The van der Waals surface area contributed by atoms with E-state index < -0.39 is 9.84 Å². The molecule has 94 valence electrons. The zero-order valence-corrected chi connectivity index (χ0v) is 11.0. The molecule has 18 heavy (non-hydrogen) atoms. The van der Waals surface area contributed by atoms with Crippen LogP contribution in [-0.4, -0.2) is 26.7 Å². The molecule has 4 nitrogen and oxygen atoms in total. The summed E-state index contributed by atoms with van der Waals surface area (Å²) in [7, 11) is -1.33. The van der Waals surface area contributed by atoms with Gasteiger partial charge in [-0.2, -0.15) is 0 Å². The van der Waals surface area contributed by atoms with Crippen LogP contribution in [0.15, 0.2) is 47.5 Å². The van der Waals surface area contributed by atoms with Crippen molar-refractivity contribution < 1.29 is 8.42 Å². The third-order valence-electron chi connectivity index (χ3n) is 2.64. The summed E-state index contributed by atoms with van der Waals surface area (Å²) < 4.78 is 22.7. The van der Waals surface area contributed by atoms with Crippen LogP contribution in [0, 0.1) is 0 Å². The first-order valence-corrected chi connectivity index (χ1v) is 7.34. The molecule has 0 bridgehead atoms. The molecule has 1 heterocycles. The Morgan fingerprint density at radius 3 is 2.06 bits per heavy atom. The Kier molecular flexibility index (Phi) is 3.34. The summed E-state index contributed by atoms with van der Waals surface area (Å²) in [6, 6.07) is 10.6. The molecule has 1 aromatic heterocycles. The molecule has 0 radical (unpaired) electrons. The number of nitrogens with one attached hydrogen (secondary N) is 1. The molecule has 0 aliphatic heterocycles. The van der Waals surface area contributed by atoms with Gasteiger partial charge in [-0.05, 0) is 29.8 Å². The second-order valence-electron chi connectivity index (χ2n) is 3.98. The summed E-state index contributed by atoms with van der Waals surface area (Å²) in [6.07, 6.45) is 2.95. The number of benzene rings is 1. The highest BCUT2D eigenvalue weighted by atomic mass is 32.2. The SMILES string of the molecule is CNc1ccc(-c2ccc(S(C)(=O)=O)cc2)cn1. The highest BCUT2D eigenvalue weighted by molar-refractivity contribution is 7.90. The zero-order chi connectivity index (χ0) is 13.2. The second kappa shape index (κ2) is 4.78. The van der Waals surface area contributed by atoms with Crippen LogP contribution < -0.4 is 5.32 Å². The monoisotopic (exact) mass is 262 g/mol. The molecule has 0 aliphatic rings. The van der Waals surface area contributed by atoms with Crippen molar-refractivity contribution in [1.29, 1.82) is 0 Å². The van der Waals surface area contributed by atoms with Crippen molar-refractivity contribution in [2.45, 2.75) is 4.90 Å². The van der Waals surface area contributed by atoms with Gasteiger partial charge >= 0.3 is 0 Å². The predicted octanol–water partition coefficient (Wildman–Crippen LogP) is 2.19. The van der Waals surface area contributed by atoms with E-state index in [2.05, 4.69) is 10.3 Å². The normalized spacial score (nSPS) is 11.2. The van der Waals surface area contributed by atoms with E-state index in [0.717, 1.165) is 16.9 Å². The second-order valence-corrected chi connectivity index (χ2v) is 5.99. The van der Waals surface area contributed by atoms with Gasteiger partial charge < -0.3 is 5.32 Å². The molecule has 1 N–H and O–H groups in total. The van der Waals surface area contributed by atoms with Gasteiger partial charge in [-0.3, -0.25) is 0 Å². The van der Waals surface area contributed by atoms with Crippen molar-refractivity contribution in [2.75, 3.05) is 18.6 Å². The van der Waals surface area contributed by atoms with Crippen LogP contribution in [-0.2, 0) is 9.84 Å². The van der Waals surface area contributed by atoms with Crippen molar-refractivity contribution in [1.82, 2.24) is 4.98 Å². The predicted molar refractivity (Wildman–Crippen MR) is 72.3 cm³/mol. The van der Waals surface area contributed by atoms with Crippen molar-refractivity contribution in [3.05, 3.63) is 42.6 Å². The van der Waals surface area contributed by atoms with Crippen LogP contribution in [0.4, 0.5) is 5.82 Å². The van der Waals surface area contributed by atoms with Gasteiger partial charge in [-0.1, -0.05) is 12.1 Å². The van der Waals surface area contributed by atoms with Crippen molar-refractivity contribution in [2.24, 2.45) is 0 Å². The number of rotatable bonds is 3. The molecule has 0 saturated heterocycles. The van der Waals surface area contributed by atoms with E-state index in [1.807, 2.05) is 19.2 Å². The first kappa shape index (κ1) is 12.6. The van der Waals surface area contributed by atoms with Crippen LogP contribution in [0.25, 0.3) is 11.1 Å². The molecule has 0 amide bonds. The minimum Gasteiger partial charge on any atom is -0.373 e. The number of pyridine rings is 1. The van der Waals surface area contributed by atoms with Gasteiger partial charge in [-0.25, -0.2) is 13.4 Å². The van der Waals surface area contributed by atoms with E-state index in [0.29, 0.717) is 4.90 Å². The highest BCUT2D eigenvalue weighted by Gasteiger charge is 2.06. The van der Waals surface area contributed by atoms with Crippen molar-refractivity contribution in [3.63, 3.8) is 0 Å². The topological polar surface area (TPSA) is 59.1 Å². The zero-order valence-electron chi connectivity index (χ0n) is 10.2. The van der Waals surface area contributed by atoms with Crippen LogP contribution in [0.5, 0.6) is 0 Å². The third-order valence-corrected chi connectivity index (χ3v) is 3.76. The summed E-state index contributed by atoms with van der Waals surface area (Å²) in [4.78, 5) is 4.54. The number of nitrogens with zero attached hydrogens (tertiary/aromatic N) is 1. The fourth-order valence-electron chi connectivity index (χ4n) is 1.61. The van der Waals surface area contributed by atoms with Gasteiger partial charge in [-0.15, -0.1) is 0 Å². The average molecular weight is 262 g/mol. The minimum atomic E-state index is -3.14. The molecular formula is C13H14N2O2S. The summed E-state index contributed by atoms with van der Waals surface area (Å²) in [5, 5.41) is 2.94. The van der Waals surface area contributed by atoms with Crippen LogP contribution in [0.1, 0.15) is 0 Å². The van der Waals surface area contributed by atoms with Crippen LogP contribution in [0.2, 0.25) is 0 Å². The largest absolute Gasteiger partial charge is 0.373 e. The van der Waals surface area contributed by atoms with Gasteiger partial charge in [0.15, 0.2) is 9.84 Å². The maximum Gasteiger partial charge on any atom is 0.175 e. The summed E-state index contributed by atoms with van der Waals surface area (Å²) in [5.74, 6) is 0.798. The molecule has 0 spiro atoms. The van der Waals surface area contributed by atoms with E-state index in [4.69, 9.17) is 0 Å². The first-order valence-electron chi connectivity index (χ1n) is 5.45. The van der Waals surface area contributed by atoms with Crippen molar-refractivity contribution in [3.8, 4) is 11.1 Å². The van der Waals surface area contributed by atoms with E-state index in [1.165, 1.54) is 6.26 Å². The molecule has 1 aromatic carbocycles. The van der Waals surface area contributed by atoms with E-state index in [1.54, 1.807) is 30.5 Å². The van der Waals surface area contributed by atoms with Crippen LogP contribution >= 0.6 is 0 Å². The Labute approximate surface area is 107 Å². The molecule has 2 rings (SSSR count). The summed E-state index contributed by atoms with van der Waals surface area (Å²) in [6.45, 7) is 0. The van der Waals surface area contributed by atoms with Gasteiger partial charge in [0.1, 0.15) is 5.82 Å². The number of sulfone groups is 1. The lowest BCUT2D eigenvalue weighted by atomic mass is 10.1. The fourth-order valence-corrected chi connectivity index (χ4v) is 2.24. The van der Waals surface area contributed by atoms with Gasteiger partial charge in [0, 0.05) is 25.1 Å². The van der Waals surface area contributed by atoms with Crippen molar-refractivity contribution >= 4 is 15.7 Å². The minimum absolute atomic E-state index is 0.325. The standard InChI is InChI=1S/C13H14N2O2S/c1-14-13-8-5-11(9-15-13)10-3-6-12(7-4-10)18(2,16)17/h3-9H,1-2H3,(H,14,15). The third kappa shape index (κ3) is 2.68. The molecule has 0 fully saturated rings. The summed E-state index contributed by atoms with van der Waals surface area (Å²) >= 11 is 0. The molecule has 0 saturated carbocycles. The van der Waals surface area contributed by atoms with E-state index in [-0.39, 0.29) is 0 Å². The lowest BCUT2D eigenvalue weighted by Gasteiger charge is -2.04. The number of hydrogen-bond donors (Lipinski definition) is 1. The number of anilines is 1. The molecule has 0 aliphatic carbocycles. The van der Waals surface area contributed by atoms with E-state index in [9.17, 15) is 8.42 Å². The Balaban J connectivity index is 2.34. The highest BCUT2D eigenvalue weighted by Crippen LogP contribution is 2.21. The lowest BCUT2D eigenvalue weighted by molar-refractivity contribution is 0.602. The quantitative estimate of drug-likeness (QED) is 0.921. The Morgan fingerprint density at radius 1 is 1.00 bits per heavy atom. The van der Waals surface area contributed by atoms with E-state index >= 15 is 0 Å². The van der Waals surface area contributed by atoms with Gasteiger partial charge in [0.2, 0.25) is 0 Å². The molecule has 0 unspecified atom stereocenters. The van der Waals surface area contributed by atoms with Gasteiger partial charge in [0.25, 0.3) is 0 Å². The maximum atomic E-state index is 11.3. The molecular weight excluding hydrogens is 248 g/mol. The fraction of sp³-hybridized carbons (Fsp3) is 0.154. The molecule has 2 aromatic rings. The molecule has 0 atom stereocenters. The van der Waals surface area contributed by atoms with Crippen LogP contribution in [0.3, 0.4) is 0 Å². The number of hydrogen-bond acceptors (Lipinski definition) is 4. The van der Waals surface area contributed by atoms with Gasteiger partial charge in [0.05, 0.1) is 4.90 Å². The maximum absolute atomic E-state index is 11.3. The Bertz CT molecular complexity index is 632. The Hall–Kier alpha value is -1.88. The smallest absolute Gasteiger partial charge is 0.175 e. The Morgan fingerprint density at radius 2 is 1.61 bits per heavy atom. The number of aromatic nitrogens is 1. The first-order chi connectivity index (χ1) is 8.50. The average Bonchev–Trinajstić information content (AvgIpc) is 2.38.